The number of aromatic carboxylic acids is 1. The van der Waals surface area contributed by atoms with Crippen LogP contribution < -0.4 is 4.74 Å². The number of nitrogens with zero attached hydrogens (tertiary/aromatic N) is 1. The van der Waals surface area contributed by atoms with Crippen LogP contribution in [0.15, 0.2) is 18.2 Å². The van der Waals surface area contributed by atoms with Crippen LogP contribution in [0.3, 0.4) is 0 Å². The molecule has 1 aromatic rings. The summed E-state index contributed by atoms with van der Waals surface area (Å²) in [7, 11) is 0. The largest absolute Gasteiger partial charge is 0.481 e. The summed E-state index contributed by atoms with van der Waals surface area (Å²) in [6.45, 7) is 2.34. The number of carbonyl (C=O) groups is 2. The van der Waals surface area contributed by atoms with Gasteiger partial charge in [0.25, 0.3) is 5.91 Å². The fraction of sp³-hybridized carbons (Fsp3) is 0.429. The summed E-state index contributed by atoms with van der Waals surface area (Å²) in [6.07, 6.45) is 2.04. The molecule has 0 aliphatic heterocycles. The molecule has 0 atom stereocenters. The molecule has 0 spiro atoms. The fourth-order valence-electron chi connectivity index (χ4n) is 2.07. The lowest BCUT2D eigenvalue weighted by molar-refractivity contribution is -0.133. The van der Waals surface area contributed by atoms with E-state index < -0.39 is 5.97 Å². The van der Waals surface area contributed by atoms with E-state index in [0.29, 0.717) is 12.6 Å². The molecule has 0 saturated heterocycles. The third kappa shape index (κ3) is 3.22. The van der Waals surface area contributed by atoms with Gasteiger partial charge in [-0.1, -0.05) is 17.7 Å². The van der Waals surface area contributed by atoms with Crippen molar-refractivity contribution in [1.82, 2.24) is 4.90 Å². The predicted molar refractivity (Wildman–Crippen MR) is 74.3 cm³/mol. The number of amides is 1. The summed E-state index contributed by atoms with van der Waals surface area (Å²) in [5.41, 5.74) is -0.0419. The molecule has 0 radical (unpaired) electrons. The molecule has 20 heavy (non-hydrogen) atoms. The van der Waals surface area contributed by atoms with Crippen LogP contribution in [0.4, 0.5) is 0 Å². The van der Waals surface area contributed by atoms with Crippen LogP contribution in [-0.4, -0.2) is 41.1 Å². The molecule has 2 rings (SSSR count). The number of para-hydroxylation sites is 1. The van der Waals surface area contributed by atoms with Crippen LogP contribution in [-0.2, 0) is 4.79 Å². The van der Waals surface area contributed by atoms with E-state index in [1.54, 1.807) is 4.90 Å². The van der Waals surface area contributed by atoms with E-state index in [2.05, 4.69) is 0 Å². The van der Waals surface area contributed by atoms with Gasteiger partial charge in [0.2, 0.25) is 0 Å². The minimum atomic E-state index is -1.13. The van der Waals surface area contributed by atoms with Gasteiger partial charge < -0.3 is 14.7 Å². The summed E-state index contributed by atoms with van der Waals surface area (Å²) in [6, 6.07) is 4.77. The highest BCUT2D eigenvalue weighted by Gasteiger charge is 2.31. The van der Waals surface area contributed by atoms with E-state index in [4.69, 9.17) is 21.4 Å². The number of benzene rings is 1. The maximum Gasteiger partial charge on any atom is 0.339 e. The van der Waals surface area contributed by atoms with Crippen molar-refractivity contribution in [3.05, 3.63) is 28.8 Å². The van der Waals surface area contributed by atoms with Crippen molar-refractivity contribution in [3.63, 3.8) is 0 Å². The summed E-state index contributed by atoms with van der Waals surface area (Å²) >= 11 is 5.93. The monoisotopic (exact) mass is 297 g/mol. The molecule has 1 N–H and O–H groups in total. The number of carboxylic acids is 1. The van der Waals surface area contributed by atoms with Crippen LogP contribution in [0, 0.1) is 0 Å². The number of likely N-dealkylation sites (N-methyl/N-ethyl adjacent to an activating group) is 1. The highest BCUT2D eigenvalue weighted by molar-refractivity contribution is 6.32. The van der Waals surface area contributed by atoms with E-state index >= 15 is 0 Å². The minimum absolute atomic E-state index is 0.0419. The van der Waals surface area contributed by atoms with E-state index in [0.717, 1.165) is 12.8 Å². The Hall–Kier alpha value is -1.75. The molecule has 1 fully saturated rings. The van der Waals surface area contributed by atoms with Crippen LogP contribution in [0.1, 0.15) is 30.1 Å². The molecular weight excluding hydrogens is 282 g/mol. The Morgan fingerprint density at radius 3 is 2.70 bits per heavy atom. The van der Waals surface area contributed by atoms with Crippen molar-refractivity contribution >= 4 is 23.5 Å². The maximum atomic E-state index is 12.0. The van der Waals surface area contributed by atoms with Crippen molar-refractivity contribution in [3.8, 4) is 5.75 Å². The molecule has 0 unspecified atom stereocenters. The maximum absolute atomic E-state index is 12.0. The van der Waals surface area contributed by atoms with Crippen LogP contribution in [0.5, 0.6) is 5.75 Å². The third-order valence-electron chi connectivity index (χ3n) is 3.19. The normalized spacial score (nSPS) is 13.9. The number of ether oxygens (including phenoxy) is 1. The van der Waals surface area contributed by atoms with Gasteiger partial charge in [-0.2, -0.15) is 0 Å². The van der Waals surface area contributed by atoms with Gasteiger partial charge in [-0.05, 0) is 31.9 Å². The molecule has 1 amide bonds. The van der Waals surface area contributed by atoms with Gasteiger partial charge in [-0.25, -0.2) is 4.79 Å². The Kier molecular flexibility index (Phi) is 4.49. The molecule has 0 heterocycles. The van der Waals surface area contributed by atoms with Crippen LogP contribution >= 0.6 is 11.6 Å². The summed E-state index contributed by atoms with van der Waals surface area (Å²) in [4.78, 5) is 24.9. The quantitative estimate of drug-likeness (QED) is 0.875. The number of hydrogen-bond donors (Lipinski definition) is 1. The second-order valence-electron chi connectivity index (χ2n) is 4.62. The molecule has 1 aliphatic carbocycles. The summed E-state index contributed by atoms with van der Waals surface area (Å²) < 4.78 is 5.35. The zero-order chi connectivity index (χ0) is 14.7. The first kappa shape index (κ1) is 14.7. The van der Waals surface area contributed by atoms with E-state index in [1.807, 2.05) is 6.92 Å². The highest BCUT2D eigenvalue weighted by atomic mass is 35.5. The molecule has 1 saturated carbocycles. The smallest absolute Gasteiger partial charge is 0.339 e. The summed E-state index contributed by atoms with van der Waals surface area (Å²) in [5.74, 6) is -1.24. The van der Waals surface area contributed by atoms with Crippen LogP contribution in [0.25, 0.3) is 0 Å². The summed E-state index contributed by atoms with van der Waals surface area (Å²) in [5, 5.41) is 9.26. The van der Waals surface area contributed by atoms with Gasteiger partial charge in [0.15, 0.2) is 12.4 Å². The molecule has 0 aromatic heterocycles. The Labute approximate surface area is 122 Å². The second-order valence-corrected chi connectivity index (χ2v) is 5.03. The number of halogens is 1. The van der Waals surface area contributed by atoms with E-state index in [-0.39, 0.29) is 28.8 Å². The predicted octanol–water partition coefficient (Wildman–Crippen LogP) is 2.43. The first-order chi connectivity index (χ1) is 9.54. The first-order valence-electron chi connectivity index (χ1n) is 6.48. The Morgan fingerprint density at radius 1 is 1.45 bits per heavy atom. The molecule has 5 nitrogen and oxygen atoms in total. The Morgan fingerprint density at radius 2 is 2.15 bits per heavy atom. The van der Waals surface area contributed by atoms with E-state index in [9.17, 15) is 9.59 Å². The molecule has 1 aromatic carbocycles. The van der Waals surface area contributed by atoms with E-state index in [1.165, 1.54) is 18.2 Å². The van der Waals surface area contributed by atoms with Crippen molar-refractivity contribution in [2.24, 2.45) is 0 Å². The molecule has 6 heteroatoms. The van der Waals surface area contributed by atoms with Crippen LogP contribution in [0.2, 0.25) is 5.02 Å². The molecule has 108 valence electrons. The molecular formula is C14H16ClNO4. The average Bonchev–Trinajstić information content (AvgIpc) is 3.22. The zero-order valence-electron chi connectivity index (χ0n) is 11.1. The lowest BCUT2D eigenvalue weighted by atomic mass is 10.2. The Bertz CT molecular complexity index is 528. The van der Waals surface area contributed by atoms with Gasteiger partial charge in [-0.15, -0.1) is 0 Å². The van der Waals surface area contributed by atoms with Gasteiger partial charge in [0, 0.05) is 12.6 Å². The molecule has 0 bridgehead atoms. The number of carboxylic acid groups (broad SMARTS) is 1. The van der Waals surface area contributed by atoms with Gasteiger partial charge in [0.1, 0.15) is 5.56 Å². The minimum Gasteiger partial charge on any atom is -0.481 e. The lowest BCUT2D eigenvalue weighted by Crippen LogP contribution is -2.36. The van der Waals surface area contributed by atoms with Crippen molar-refractivity contribution < 1.29 is 19.4 Å². The second kappa shape index (κ2) is 6.13. The first-order valence-corrected chi connectivity index (χ1v) is 6.86. The van der Waals surface area contributed by atoms with Gasteiger partial charge in [0.05, 0.1) is 5.02 Å². The standard InChI is InChI=1S/C14H16ClNO4/c1-2-16(9-6-7-9)12(17)8-20-13-10(14(18)19)4-3-5-11(13)15/h3-5,9H,2,6-8H2,1H3,(H,18,19). The number of hydrogen-bond acceptors (Lipinski definition) is 3. The SMILES string of the molecule is CCN(C(=O)COc1c(Cl)cccc1C(=O)O)C1CC1. The average molecular weight is 298 g/mol. The zero-order valence-corrected chi connectivity index (χ0v) is 11.9. The molecule has 1 aliphatic rings. The lowest BCUT2D eigenvalue weighted by Gasteiger charge is -2.20. The third-order valence-corrected chi connectivity index (χ3v) is 3.48. The van der Waals surface area contributed by atoms with Gasteiger partial charge in [-0.3, -0.25) is 4.79 Å². The van der Waals surface area contributed by atoms with Gasteiger partial charge >= 0.3 is 5.97 Å². The van der Waals surface area contributed by atoms with Crippen molar-refractivity contribution in [1.29, 1.82) is 0 Å². The van der Waals surface area contributed by atoms with Crippen molar-refractivity contribution in [2.75, 3.05) is 13.2 Å². The van der Waals surface area contributed by atoms with Crippen molar-refractivity contribution in [2.45, 2.75) is 25.8 Å². The number of carbonyl (C=O) groups excluding carboxylic acids is 1. The topological polar surface area (TPSA) is 66.8 Å². The highest BCUT2D eigenvalue weighted by Crippen LogP contribution is 2.30. The fourth-order valence-corrected chi connectivity index (χ4v) is 2.29. The number of rotatable bonds is 6. The Balaban J connectivity index is 2.06.